The number of hydrogen-bond donors (Lipinski definition) is 1. The van der Waals surface area contributed by atoms with Crippen LogP contribution in [-0.4, -0.2) is 16.1 Å². The minimum absolute atomic E-state index is 0.119. The highest BCUT2D eigenvalue weighted by molar-refractivity contribution is 7.15. The van der Waals surface area contributed by atoms with Gasteiger partial charge < -0.3 is 0 Å². The fourth-order valence-corrected chi connectivity index (χ4v) is 2.68. The quantitative estimate of drug-likeness (QED) is 0.922. The van der Waals surface area contributed by atoms with Gasteiger partial charge in [0.25, 0.3) is 5.91 Å². The molecule has 0 aliphatic heterocycles. The van der Waals surface area contributed by atoms with Crippen LogP contribution in [-0.2, 0) is 0 Å². The number of anilines is 1. The molecule has 5 heteroatoms. The van der Waals surface area contributed by atoms with E-state index in [-0.39, 0.29) is 5.91 Å². The van der Waals surface area contributed by atoms with Gasteiger partial charge in [-0.25, -0.2) is 0 Å². The van der Waals surface area contributed by atoms with Gasteiger partial charge >= 0.3 is 0 Å². The van der Waals surface area contributed by atoms with Crippen LogP contribution in [0.15, 0.2) is 24.3 Å². The number of benzene rings is 1. The molecule has 1 aliphatic rings. The maximum atomic E-state index is 12.1. The first-order valence-electron chi connectivity index (χ1n) is 5.94. The fourth-order valence-electron chi connectivity index (χ4n) is 1.77. The van der Waals surface area contributed by atoms with E-state index in [0.717, 1.165) is 10.6 Å². The number of carbonyl (C=O) groups excluding carboxylic acids is 1. The lowest BCUT2D eigenvalue weighted by atomic mass is 10.1. The molecule has 1 heterocycles. The van der Waals surface area contributed by atoms with Crippen LogP contribution in [0.2, 0.25) is 0 Å². The van der Waals surface area contributed by atoms with Crippen LogP contribution in [0.4, 0.5) is 5.13 Å². The summed E-state index contributed by atoms with van der Waals surface area (Å²) < 4.78 is 0. The second kappa shape index (κ2) is 4.49. The molecule has 0 unspecified atom stereocenters. The van der Waals surface area contributed by atoms with Crippen molar-refractivity contribution in [3.05, 3.63) is 40.4 Å². The van der Waals surface area contributed by atoms with Crippen molar-refractivity contribution in [2.75, 3.05) is 5.32 Å². The predicted molar refractivity (Wildman–Crippen MR) is 71.0 cm³/mol. The SMILES string of the molecule is Cc1ccccc1C(=O)Nc1nnc(C2CC2)s1. The Kier molecular flexibility index (Phi) is 2.83. The van der Waals surface area contributed by atoms with Crippen molar-refractivity contribution in [3.63, 3.8) is 0 Å². The predicted octanol–water partition coefficient (Wildman–Crippen LogP) is 2.98. The Hall–Kier alpha value is -1.75. The molecule has 0 bridgehead atoms. The van der Waals surface area contributed by atoms with Crippen molar-refractivity contribution < 1.29 is 4.79 Å². The molecule has 18 heavy (non-hydrogen) atoms. The standard InChI is InChI=1S/C13H13N3OS/c1-8-4-2-3-5-10(8)11(17)14-13-16-15-12(18-13)9-6-7-9/h2-5,9H,6-7H2,1H3,(H,14,16,17). The van der Waals surface area contributed by atoms with E-state index in [0.29, 0.717) is 16.6 Å². The van der Waals surface area contributed by atoms with Crippen molar-refractivity contribution in [2.24, 2.45) is 0 Å². The normalized spacial score (nSPS) is 14.5. The van der Waals surface area contributed by atoms with Crippen molar-refractivity contribution in [1.29, 1.82) is 0 Å². The largest absolute Gasteiger partial charge is 0.296 e. The van der Waals surface area contributed by atoms with Crippen LogP contribution in [0.5, 0.6) is 0 Å². The van der Waals surface area contributed by atoms with E-state index in [9.17, 15) is 4.79 Å². The number of aryl methyl sites for hydroxylation is 1. The molecule has 1 aliphatic carbocycles. The Morgan fingerprint density at radius 1 is 1.33 bits per heavy atom. The highest BCUT2D eigenvalue weighted by atomic mass is 32.1. The highest BCUT2D eigenvalue weighted by Gasteiger charge is 2.27. The lowest BCUT2D eigenvalue weighted by Crippen LogP contribution is -2.12. The van der Waals surface area contributed by atoms with Gasteiger partial charge in [-0.2, -0.15) is 0 Å². The summed E-state index contributed by atoms with van der Waals surface area (Å²) in [4.78, 5) is 12.1. The molecule has 92 valence electrons. The van der Waals surface area contributed by atoms with Gasteiger partial charge in [0.1, 0.15) is 5.01 Å². The fraction of sp³-hybridized carbons (Fsp3) is 0.308. The molecule has 1 amide bonds. The Labute approximate surface area is 109 Å². The molecule has 1 aromatic carbocycles. The molecule has 0 spiro atoms. The number of carbonyl (C=O) groups is 1. The van der Waals surface area contributed by atoms with Crippen LogP contribution in [0, 0.1) is 6.92 Å². The van der Waals surface area contributed by atoms with Crippen LogP contribution in [0.3, 0.4) is 0 Å². The van der Waals surface area contributed by atoms with E-state index in [4.69, 9.17) is 0 Å². The van der Waals surface area contributed by atoms with Crippen molar-refractivity contribution in [3.8, 4) is 0 Å². The number of rotatable bonds is 3. The molecule has 1 fully saturated rings. The molecular weight excluding hydrogens is 246 g/mol. The number of nitrogens with one attached hydrogen (secondary N) is 1. The van der Waals surface area contributed by atoms with Crippen LogP contribution >= 0.6 is 11.3 Å². The summed E-state index contributed by atoms with van der Waals surface area (Å²) in [7, 11) is 0. The van der Waals surface area contributed by atoms with E-state index in [1.54, 1.807) is 0 Å². The minimum atomic E-state index is -0.119. The first kappa shape index (κ1) is 11.3. The molecule has 3 rings (SSSR count). The number of aromatic nitrogens is 2. The average molecular weight is 259 g/mol. The van der Waals surface area contributed by atoms with Gasteiger partial charge in [0.05, 0.1) is 0 Å². The van der Waals surface area contributed by atoms with Crippen LogP contribution in [0.25, 0.3) is 0 Å². The van der Waals surface area contributed by atoms with Crippen molar-refractivity contribution in [2.45, 2.75) is 25.7 Å². The van der Waals surface area contributed by atoms with Gasteiger partial charge in [0, 0.05) is 11.5 Å². The van der Waals surface area contributed by atoms with Gasteiger partial charge in [-0.15, -0.1) is 10.2 Å². The van der Waals surface area contributed by atoms with Gasteiger partial charge in [0.2, 0.25) is 5.13 Å². The Balaban J connectivity index is 1.75. The number of nitrogens with zero attached hydrogens (tertiary/aromatic N) is 2. The summed E-state index contributed by atoms with van der Waals surface area (Å²) >= 11 is 1.48. The zero-order valence-electron chi connectivity index (χ0n) is 10.0. The molecule has 4 nitrogen and oxygen atoms in total. The molecule has 1 saturated carbocycles. The second-order valence-corrected chi connectivity index (χ2v) is 5.50. The number of hydrogen-bond acceptors (Lipinski definition) is 4. The third-order valence-corrected chi connectivity index (χ3v) is 3.98. The van der Waals surface area contributed by atoms with Crippen LogP contribution in [0.1, 0.15) is 39.7 Å². The summed E-state index contributed by atoms with van der Waals surface area (Å²) in [5, 5.41) is 12.5. The maximum Gasteiger partial charge on any atom is 0.257 e. The molecule has 0 saturated heterocycles. The third-order valence-electron chi connectivity index (χ3n) is 2.98. The first-order valence-corrected chi connectivity index (χ1v) is 6.76. The van der Waals surface area contributed by atoms with E-state index in [1.807, 2.05) is 31.2 Å². The highest BCUT2D eigenvalue weighted by Crippen LogP contribution is 2.42. The smallest absolute Gasteiger partial charge is 0.257 e. The van der Waals surface area contributed by atoms with Gasteiger partial charge in [0.15, 0.2) is 0 Å². The van der Waals surface area contributed by atoms with Gasteiger partial charge in [-0.1, -0.05) is 29.5 Å². The van der Waals surface area contributed by atoms with E-state index < -0.39 is 0 Å². The van der Waals surface area contributed by atoms with Gasteiger partial charge in [-0.3, -0.25) is 10.1 Å². The second-order valence-electron chi connectivity index (χ2n) is 4.49. The number of amides is 1. The molecule has 0 radical (unpaired) electrons. The maximum absolute atomic E-state index is 12.1. The Bertz CT molecular complexity index is 589. The lowest BCUT2D eigenvalue weighted by Gasteiger charge is -2.03. The zero-order chi connectivity index (χ0) is 12.5. The first-order chi connectivity index (χ1) is 8.74. The molecular formula is C13H13N3OS. The summed E-state index contributed by atoms with van der Waals surface area (Å²) in [5.41, 5.74) is 1.64. The van der Waals surface area contributed by atoms with E-state index in [2.05, 4.69) is 15.5 Å². The summed E-state index contributed by atoms with van der Waals surface area (Å²) in [5.74, 6) is 0.457. The summed E-state index contributed by atoms with van der Waals surface area (Å²) in [6.45, 7) is 1.92. The molecule has 0 atom stereocenters. The molecule has 1 aromatic heterocycles. The van der Waals surface area contributed by atoms with Gasteiger partial charge in [-0.05, 0) is 31.4 Å². The summed E-state index contributed by atoms with van der Waals surface area (Å²) in [6, 6.07) is 7.51. The monoisotopic (exact) mass is 259 g/mol. The third kappa shape index (κ3) is 2.26. The lowest BCUT2D eigenvalue weighted by molar-refractivity contribution is 0.102. The van der Waals surface area contributed by atoms with Crippen molar-refractivity contribution in [1.82, 2.24) is 10.2 Å². The topological polar surface area (TPSA) is 54.9 Å². The average Bonchev–Trinajstić information content (AvgIpc) is 3.11. The zero-order valence-corrected chi connectivity index (χ0v) is 10.8. The molecule has 2 aromatic rings. The minimum Gasteiger partial charge on any atom is -0.296 e. The van der Waals surface area contributed by atoms with E-state index in [1.165, 1.54) is 24.2 Å². The van der Waals surface area contributed by atoms with Crippen LogP contribution < -0.4 is 5.32 Å². The Morgan fingerprint density at radius 3 is 2.83 bits per heavy atom. The summed E-state index contributed by atoms with van der Waals surface area (Å²) in [6.07, 6.45) is 2.39. The van der Waals surface area contributed by atoms with E-state index >= 15 is 0 Å². The molecule has 1 N–H and O–H groups in total. The Morgan fingerprint density at radius 2 is 2.11 bits per heavy atom. The van der Waals surface area contributed by atoms with Crippen molar-refractivity contribution >= 4 is 22.4 Å².